The highest BCUT2D eigenvalue weighted by atomic mass is 16.1. The molecule has 2 aliphatic rings. The number of Topliss-reactive ketones (excluding diaryl/α,β-unsaturated/α-hetero) is 1. The van der Waals surface area contributed by atoms with Crippen LogP contribution in [0.5, 0.6) is 0 Å². The Morgan fingerprint density at radius 2 is 1.83 bits per heavy atom. The van der Waals surface area contributed by atoms with E-state index >= 15 is 0 Å². The van der Waals surface area contributed by atoms with Crippen LogP contribution >= 0.6 is 0 Å². The molecule has 0 aromatic rings. The average Bonchev–Trinajstić information content (AvgIpc) is 2.35. The molecule has 0 bridgehead atoms. The molecule has 66 valence electrons. The predicted molar refractivity (Wildman–Crippen MR) is 48.8 cm³/mol. The van der Waals surface area contributed by atoms with Crippen molar-refractivity contribution in [3.05, 3.63) is 11.1 Å². The third kappa shape index (κ3) is 1.12. The van der Waals surface area contributed by atoms with Gasteiger partial charge in [-0.05, 0) is 39.0 Å². The molecule has 0 saturated heterocycles. The highest BCUT2D eigenvalue weighted by Crippen LogP contribution is 2.42. The average molecular weight is 164 g/mol. The van der Waals surface area contributed by atoms with Gasteiger partial charge < -0.3 is 0 Å². The monoisotopic (exact) mass is 164 g/mol. The first-order chi connectivity index (χ1) is 5.68. The van der Waals surface area contributed by atoms with E-state index in [0.29, 0.717) is 17.6 Å². The summed E-state index contributed by atoms with van der Waals surface area (Å²) in [7, 11) is 0. The minimum absolute atomic E-state index is 0.397. The molecular weight excluding hydrogens is 148 g/mol. The molecule has 0 aromatic heterocycles. The van der Waals surface area contributed by atoms with Gasteiger partial charge in [0.05, 0.1) is 0 Å². The smallest absolute Gasteiger partial charge is 0.136 e. The van der Waals surface area contributed by atoms with Crippen LogP contribution in [0.3, 0.4) is 0 Å². The number of rotatable bonds is 0. The third-order valence-electron chi connectivity index (χ3n) is 3.57. The van der Waals surface area contributed by atoms with Crippen molar-refractivity contribution in [2.45, 2.75) is 39.5 Å². The minimum Gasteiger partial charge on any atom is -0.299 e. The van der Waals surface area contributed by atoms with E-state index < -0.39 is 0 Å². The number of hydrogen-bond donors (Lipinski definition) is 0. The molecule has 0 heterocycles. The van der Waals surface area contributed by atoms with Crippen LogP contribution in [0.1, 0.15) is 39.5 Å². The normalized spacial score (nSPS) is 35.7. The first-order valence-electron chi connectivity index (χ1n) is 4.86. The number of fused-ring (bicyclic) bond motifs is 1. The predicted octanol–water partition coefficient (Wildman–Crippen LogP) is 2.71. The second-order valence-electron chi connectivity index (χ2n) is 4.34. The lowest BCUT2D eigenvalue weighted by Gasteiger charge is -2.26. The number of allylic oxidation sites excluding steroid dienone is 2. The quantitative estimate of drug-likeness (QED) is 0.503. The van der Waals surface area contributed by atoms with Gasteiger partial charge in [0.2, 0.25) is 0 Å². The van der Waals surface area contributed by atoms with E-state index in [4.69, 9.17) is 0 Å². The fraction of sp³-hybridized carbons (Fsp3) is 0.727. The SMILES string of the molecule is CC1=C(C)C[C@H]2C(=O)CC[C@H]2C1. The van der Waals surface area contributed by atoms with Gasteiger partial charge >= 0.3 is 0 Å². The van der Waals surface area contributed by atoms with E-state index in [9.17, 15) is 4.79 Å². The van der Waals surface area contributed by atoms with Gasteiger partial charge in [-0.3, -0.25) is 4.79 Å². The van der Waals surface area contributed by atoms with Gasteiger partial charge in [-0.25, -0.2) is 0 Å². The number of carbonyl (C=O) groups is 1. The van der Waals surface area contributed by atoms with Crippen LogP contribution in [0.4, 0.5) is 0 Å². The lowest BCUT2D eigenvalue weighted by Crippen LogP contribution is -2.19. The number of hydrogen-bond acceptors (Lipinski definition) is 1. The second kappa shape index (κ2) is 2.72. The van der Waals surface area contributed by atoms with Crippen LogP contribution in [-0.4, -0.2) is 5.78 Å². The first-order valence-corrected chi connectivity index (χ1v) is 4.86. The summed E-state index contributed by atoms with van der Waals surface area (Å²) >= 11 is 0. The maximum absolute atomic E-state index is 11.4. The Bertz CT molecular complexity index is 250. The molecule has 1 heteroatoms. The van der Waals surface area contributed by atoms with E-state index in [1.807, 2.05) is 0 Å². The summed E-state index contributed by atoms with van der Waals surface area (Å²) in [5, 5.41) is 0. The molecule has 1 fully saturated rings. The fourth-order valence-electron chi connectivity index (χ4n) is 2.57. The molecule has 1 saturated carbocycles. The van der Waals surface area contributed by atoms with Gasteiger partial charge in [0.25, 0.3) is 0 Å². The standard InChI is InChI=1S/C11H16O/c1-7-5-9-3-4-11(12)10(9)6-8(7)2/h9-10H,3-6H2,1-2H3/t9-,10+/m0/s1. The summed E-state index contributed by atoms with van der Waals surface area (Å²) in [6, 6.07) is 0. The van der Waals surface area contributed by atoms with E-state index in [1.54, 1.807) is 0 Å². The van der Waals surface area contributed by atoms with Gasteiger partial charge in [-0.15, -0.1) is 0 Å². The molecule has 0 radical (unpaired) electrons. The summed E-state index contributed by atoms with van der Waals surface area (Å²) < 4.78 is 0. The summed E-state index contributed by atoms with van der Waals surface area (Å²) in [5.74, 6) is 1.61. The third-order valence-corrected chi connectivity index (χ3v) is 3.57. The van der Waals surface area contributed by atoms with Crippen molar-refractivity contribution < 1.29 is 4.79 Å². The first kappa shape index (κ1) is 8.03. The molecule has 0 amide bonds. The van der Waals surface area contributed by atoms with Crippen molar-refractivity contribution in [3.8, 4) is 0 Å². The Morgan fingerprint density at radius 1 is 1.17 bits per heavy atom. The van der Waals surface area contributed by atoms with E-state index in [1.165, 1.54) is 17.6 Å². The second-order valence-corrected chi connectivity index (χ2v) is 4.34. The highest BCUT2D eigenvalue weighted by Gasteiger charge is 2.37. The Balaban J connectivity index is 2.22. The summed E-state index contributed by atoms with van der Waals surface area (Å²) in [5.41, 5.74) is 3.00. The number of carbonyl (C=O) groups excluding carboxylic acids is 1. The number of ketones is 1. The van der Waals surface area contributed by atoms with Crippen LogP contribution in [0.15, 0.2) is 11.1 Å². The summed E-state index contributed by atoms with van der Waals surface area (Å²) in [4.78, 5) is 11.4. The van der Waals surface area contributed by atoms with Gasteiger partial charge in [-0.1, -0.05) is 11.1 Å². The van der Waals surface area contributed by atoms with Crippen LogP contribution in [0.2, 0.25) is 0 Å². The van der Waals surface area contributed by atoms with Crippen molar-refractivity contribution in [1.82, 2.24) is 0 Å². The molecular formula is C11H16O. The van der Waals surface area contributed by atoms with Gasteiger partial charge in [0.15, 0.2) is 0 Å². The minimum atomic E-state index is 0.397. The Hall–Kier alpha value is -0.590. The van der Waals surface area contributed by atoms with E-state index in [2.05, 4.69) is 13.8 Å². The Kier molecular flexibility index (Phi) is 1.82. The molecule has 0 spiro atoms. The molecule has 2 aliphatic carbocycles. The topological polar surface area (TPSA) is 17.1 Å². The molecule has 0 unspecified atom stereocenters. The van der Waals surface area contributed by atoms with E-state index in [-0.39, 0.29) is 0 Å². The van der Waals surface area contributed by atoms with Gasteiger partial charge in [-0.2, -0.15) is 0 Å². The summed E-state index contributed by atoms with van der Waals surface area (Å²) in [6.45, 7) is 4.39. The van der Waals surface area contributed by atoms with Crippen LogP contribution in [-0.2, 0) is 4.79 Å². The van der Waals surface area contributed by atoms with Gasteiger partial charge in [0, 0.05) is 12.3 Å². The molecule has 0 N–H and O–H groups in total. The maximum atomic E-state index is 11.4. The largest absolute Gasteiger partial charge is 0.299 e. The zero-order chi connectivity index (χ0) is 8.72. The highest BCUT2D eigenvalue weighted by molar-refractivity contribution is 5.84. The Morgan fingerprint density at radius 3 is 2.58 bits per heavy atom. The molecule has 1 nitrogen and oxygen atoms in total. The maximum Gasteiger partial charge on any atom is 0.136 e. The van der Waals surface area contributed by atoms with Crippen molar-refractivity contribution in [2.24, 2.45) is 11.8 Å². The lowest BCUT2D eigenvalue weighted by atomic mass is 9.78. The summed E-state index contributed by atoms with van der Waals surface area (Å²) in [6.07, 6.45) is 4.22. The fourth-order valence-corrected chi connectivity index (χ4v) is 2.57. The molecule has 0 aliphatic heterocycles. The zero-order valence-electron chi connectivity index (χ0n) is 7.89. The van der Waals surface area contributed by atoms with E-state index in [0.717, 1.165) is 19.3 Å². The van der Waals surface area contributed by atoms with Crippen molar-refractivity contribution in [2.75, 3.05) is 0 Å². The van der Waals surface area contributed by atoms with Gasteiger partial charge in [0.1, 0.15) is 5.78 Å². The van der Waals surface area contributed by atoms with Crippen molar-refractivity contribution in [1.29, 1.82) is 0 Å². The molecule has 12 heavy (non-hydrogen) atoms. The Labute approximate surface area is 73.8 Å². The van der Waals surface area contributed by atoms with Crippen molar-refractivity contribution >= 4 is 5.78 Å². The lowest BCUT2D eigenvalue weighted by molar-refractivity contribution is -0.121. The zero-order valence-corrected chi connectivity index (χ0v) is 7.89. The van der Waals surface area contributed by atoms with Crippen LogP contribution in [0.25, 0.3) is 0 Å². The molecule has 2 atom stereocenters. The van der Waals surface area contributed by atoms with Crippen LogP contribution < -0.4 is 0 Å². The molecule has 2 rings (SSSR count). The van der Waals surface area contributed by atoms with Crippen LogP contribution in [0, 0.1) is 11.8 Å². The van der Waals surface area contributed by atoms with Crippen molar-refractivity contribution in [3.63, 3.8) is 0 Å². The molecule has 0 aromatic carbocycles.